The van der Waals surface area contributed by atoms with E-state index in [0.717, 1.165) is 18.0 Å². The predicted octanol–water partition coefficient (Wildman–Crippen LogP) is 4.06. The number of carbonyl (C=O) groups is 1. The van der Waals surface area contributed by atoms with E-state index >= 15 is 0 Å². The average molecular weight is 423 g/mol. The molecule has 1 aliphatic rings. The summed E-state index contributed by atoms with van der Waals surface area (Å²) in [5.41, 5.74) is 0.551. The Balaban J connectivity index is 1.33. The fourth-order valence-corrected chi connectivity index (χ4v) is 3.88. The second-order valence-corrected chi connectivity index (χ2v) is 7.95. The van der Waals surface area contributed by atoms with Crippen LogP contribution in [0.15, 0.2) is 40.2 Å². The third-order valence-electron chi connectivity index (χ3n) is 4.39. The highest BCUT2D eigenvalue weighted by Crippen LogP contribution is 2.24. The minimum Gasteiger partial charge on any atom is -0.338 e. The van der Waals surface area contributed by atoms with Crippen LogP contribution in [0.3, 0.4) is 0 Å². The van der Waals surface area contributed by atoms with Crippen LogP contribution in [0, 0.1) is 0 Å². The van der Waals surface area contributed by atoms with Crippen molar-refractivity contribution in [2.45, 2.75) is 6.54 Å². The fraction of sp³-hybridized carbons (Fsp3) is 0.278. The Hall–Kier alpha value is -1.93. The third kappa shape index (κ3) is 4.16. The SMILES string of the molecule is O=C(c1ccc(Cl)c(Cl)c1)N1CCN(Cc2nc(-c3cccs3)no2)CC1. The number of hydrogen-bond acceptors (Lipinski definition) is 6. The van der Waals surface area contributed by atoms with Crippen LogP contribution in [-0.2, 0) is 6.54 Å². The van der Waals surface area contributed by atoms with Gasteiger partial charge in [-0.2, -0.15) is 4.98 Å². The van der Waals surface area contributed by atoms with Crippen molar-refractivity contribution >= 4 is 40.4 Å². The van der Waals surface area contributed by atoms with Gasteiger partial charge in [0.25, 0.3) is 5.91 Å². The van der Waals surface area contributed by atoms with E-state index in [1.54, 1.807) is 29.5 Å². The zero-order valence-corrected chi connectivity index (χ0v) is 16.6. The largest absolute Gasteiger partial charge is 0.338 e. The highest BCUT2D eigenvalue weighted by molar-refractivity contribution is 7.13. The maximum atomic E-state index is 12.6. The van der Waals surface area contributed by atoms with E-state index in [0.29, 0.717) is 47.0 Å². The highest BCUT2D eigenvalue weighted by Gasteiger charge is 2.24. The fourth-order valence-electron chi connectivity index (χ4n) is 2.94. The number of hydrogen-bond donors (Lipinski definition) is 0. The highest BCUT2D eigenvalue weighted by atomic mass is 35.5. The van der Waals surface area contributed by atoms with Gasteiger partial charge in [0.05, 0.1) is 21.5 Å². The molecule has 140 valence electrons. The zero-order chi connectivity index (χ0) is 18.8. The van der Waals surface area contributed by atoms with Crippen molar-refractivity contribution in [3.05, 3.63) is 57.2 Å². The van der Waals surface area contributed by atoms with E-state index in [9.17, 15) is 4.79 Å². The van der Waals surface area contributed by atoms with Crippen LogP contribution in [0.1, 0.15) is 16.2 Å². The van der Waals surface area contributed by atoms with Crippen LogP contribution in [0.4, 0.5) is 0 Å². The lowest BCUT2D eigenvalue weighted by atomic mass is 10.2. The van der Waals surface area contributed by atoms with Gasteiger partial charge >= 0.3 is 0 Å². The van der Waals surface area contributed by atoms with Gasteiger partial charge in [-0.15, -0.1) is 11.3 Å². The van der Waals surface area contributed by atoms with Gasteiger partial charge in [0.1, 0.15) is 0 Å². The number of carbonyl (C=O) groups excluding carboxylic acids is 1. The standard InChI is InChI=1S/C18H16Cl2N4O2S/c19-13-4-3-12(10-14(13)20)18(25)24-7-5-23(6-8-24)11-16-21-17(22-26-16)15-2-1-9-27-15/h1-4,9-10H,5-8,11H2. The smallest absolute Gasteiger partial charge is 0.253 e. The molecule has 0 N–H and O–H groups in total. The van der Waals surface area contributed by atoms with Crippen LogP contribution in [-0.4, -0.2) is 52.0 Å². The van der Waals surface area contributed by atoms with Crippen LogP contribution < -0.4 is 0 Å². The summed E-state index contributed by atoms with van der Waals surface area (Å²) in [5.74, 6) is 1.17. The molecule has 9 heteroatoms. The Labute approximate surface area is 170 Å². The van der Waals surface area contributed by atoms with Crippen molar-refractivity contribution in [2.24, 2.45) is 0 Å². The average Bonchev–Trinajstić information content (AvgIpc) is 3.36. The Morgan fingerprint density at radius 2 is 1.96 bits per heavy atom. The molecule has 1 saturated heterocycles. The molecule has 3 aromatic rings. The number of benzene rings is 1. The number of amides is 1. The molecule has 1 aromatic carbocycles. The molecule has 0 unspecified atom stereocenters. The molecule has 0 bridgehead atoms. The Kier molecular flexibility index (Phi) is 5.45. The van der Waals surface area contributed by atoms with Gasteiger partial charge in [0.2, 0.25) is 11.7 Å². The second kappa shape index (κ2) is 7.98. The van der Waals surface area contributed by atoms with E-state index in [1.165, 1.54) is 0 Å². The maximum Gasteiger partial charge on any atom is 0.253 e. The number of rotatable bonds is 4. The normalized spacial score (nSPS) is 15.3. The Morgan fingerprint density at radius 3 is 2.67 bits per heavy atom. The molecule has 3 heterocycles. The lowest BCUT2D eigenvalue weighted by molar-refractivity contribution is 0.0615. The summed E-state index contributed by atoms with van der Waals surface area (Å²) >= 11 is 13.5. The van der Waals surface area contributed by atoms with Gasteiger partial charge in [-0.3, -0.25) is 9.69 Å². The predicted molar refractivity (Wildman–Crippen MR) is 105 cm³/mol. The quantitative estimate of drug-likeness (QED) is 0.633. The molecular weight excluding hydrogens is 407 g/mol. The molecule has 0 radical (unpaired) electrons. The monoisotopic (exact) mass is 422 g/mol. The van der Waals surface area contributed by atoms with Crippen molar-refractivity contribution in [2.75, 3.05) is 26.2 Å². The van der Waals surface area contributed by atoms with Crippen LogP contribution in [0.25, 0.3) is 10.7 Å². The van der Waals surface area contributed by atoms with E-state index < -0.39 is 0 Å². The van der Waals surface area contributed by atoms with Gasteiger partial charge in [-0.1, -0.05) is 34.4 Å². The molecule has 1 fully saturated rings. The minimum absolute atomic E-state index is 0.0361. The first-order valence-corrected chi connectivity index (χ1v) is 10.1. The maximum absolute atomic E-state index is 12.6. The second-order valence-electron chi connectivity index (χ2n) is 6.19. The van der Waals surface area contributed by atoms with Crippen LogP contribution in [0.2, 0.25) is 10.0 Å². The molecule has 1 amide bonds. The zero-order valence-electron chi connectivity index (χ0n) is 14.3. The molecule has 0 saturated carbocycles. The molecule has 0 spiro atoms. The summed E-state index contributed by atoms with van der Waals surface area (Å²) in [5, 5.41) is 6.85. The van der Waals surface area contributed by atoms with Crippen molar-refractivity contribution in [3.8, 4) is 10.7 Å². The van der Waals surface area contributed by atoms with Gasteiger partial charge < -0.3 is 9.42 Å². The summed E-state index contributed by atoms with van der Waals surface area (Å²) < 4.78 is 5.36. The van der Waals surface area contributed by atoms with Gasteiger partial charge in [0.15, 0.2) is 0 Å². The molecule has 2 aromatic heterocycles. The van der Waals surface area contributed by atoms with Gasteiger partial charge in [0, 0.05) is 31.7 Å². The molecule has 4 rings (SSSR count). The number of piperazine rings is 1. The summed E-state index contributed by atoms with van der Waals surface area (Å²) in [6.45, 7) is 3.32. The summed E-state index contributed by atoms with van der Waals surface area (Å²) in [4.78, 5) is 22.1. The lowest BCUT2D eigenvalue weighted by Crippen LogP contribution is -2.48. The number of aromatic nitrogens is 2. The van der Waals surface area contributed by atoms with Crippen molar-refractivity contribution in [3.63, 3.8) is 0 Å². The van der Waals surface area contributed by atoms with E-state index in [2.05, 4.69) is 15.0 Å². The van der Waals surface area contributed by atoms with Crippen LogP contribution >= 0.6 is 34.5 Å². The summed E-state index contributed by atoms with van der Waals surface area (Å²) in [7, 11) is 0. The van der Waals surface area contributed by atoms with E-state index in [1.807, 2.05) is 22.4 Å². The van der Waals surface area contributed by atoms with Gasteiger partial charge in [-0.05, 0) is 29.6 Å². The number of thiophene rings is 1. The van der Waals surface area contributed by atoms with Gasteiger partial charge in [-0.25, -0.2) is 0 Å². The minimum atomic E-state index is -0.0361. The first kappa shape index (κ1) is 18.4. The topological polar surface area (TPSA) is 62.5 Å². The Morgan fingerprint density at radius 1 is 1.15 bits per heavy atom. The first-order chi connectivity index (χ1) is 13.1. The Bertz CT molecular complexity index is 937. The van der Waals surface area contributed by atoms with Crippen LogP contribution in [0.5, 0.6) is 0 Å². The molecule has 27 heavy (non-hydrogen) atoms. The molecule has 1 aliphatic heterocycles. The summed E-state index contributed by atoms with van der Waals surface area (Å²) in [6, 6.07) is 8.89. The van der Waals surface area contributed by atoms with Crippen molar-refractivity contribution in [1.29, 1.82) is 0 Å². The van der Waals surface area contributed by atoms with Crippen molar-refractivity contribution < 1.29 is 9.32 Å². The lowest BCUT2D eigenvalue weighted by Gasteiger charge is -2.34. The molecule has 6 nitrogen and oxygen atoms in total. The first-order valence-electron chi connectivity index (χ1n) is 8.43. The summed E-state index contributed by atoms with van der Waals surface area (Å²) in [6.07, 6.45) is 0. The van der Waals surface area contributed by atoms with E-state index in [-0.39, 0.29) is 5.91 Å². The number of nitrogens with zero attached hydrogens (tertiary/aromatic N) is 4. The molecular formula is C18H16Cl2N4O2S. The number of halogens is 2. The van der Waals surface area contributed by atoms with Crippen molar-refractivity contribution in [1.82, 2.24) is 19.9 Å². The third-order valence-corrected chi connectivity index (χ3v) is 6.00. The van der Waals surface area contributed by atoms with E-state index in [4.69, 9.17) is 27.7 Å². The molecule has 0 atom stereocenters. The molecule has 0 aliphatic carbocycles.